The van der Waals surface area contributed by atoms with Gasteiger partial charge in [-0.1, -0.05) is 24.3 Å². The van der Waals surface area contributed by atoms with Gasteiger partial charge in [-0.2, -0.15) is 5.10 Å². The molecule has 162 valence electrons. The van der Waals surface area contributed by atoms with Crippen LogP contribution in [-0.4, -0.2) is 34.3 Å². The standard InChI is InChI=1S/C24H29N5O2/c1-17(2)26-24(31)27-21-11-7-9-19(15-21)23(30)25-14-8-10-20-16-29(28-18(20)3)22-12-5-4-6-13-22/h4-7,9,11-13,15-17H,8,10,14H2,1-3H3,(H,25,30)(H2,26,27,31). The Labute approximate surface area is 182 Å². The largest absolute Gasteiger partial charge is 0.352 e. The van der Waals surface area contributed by atoms with Crippen molar-refractivity contribution in [2.75, 3.05) is 11.9 Å². The van der Waals surface area contributed by atoms with Crippen LogP contribution in [0, 0.1) is 6.92 Å². The van der Waals surface area contributed by atoms with Crippen molar-refractivity contribution in [3.05, 3.63) is 77.6 Å². The van der Waals surface area contributed by atoms with Crippen molar-refractivity contribution < 1.29 is 9.59 Å². The number of anilines is 1. The summed E-state index contributed by atoms with van der Waals surface area (Å²) in [7, 11) is 0. The van der Waals surface area contributed by atoms with Crippen LogP contribution in [0.5, 0.6) is 0 Å². The highest BCUT2D eigenvalue weighted by atomic mass is 16.2. The average molecular weight is 420 g/mol. The van der Waals surface area contributed by atoms with Crippen molar-refractivity contribution in [1.82, 2.24) is 20.4 Å². The summed E-state index contributed by atoms with van der Waals surface area (Å²) in [4.78, 5) is 24.3. The smallest absolute Gasteiger partial charge is 0.319 e. The predicted molar refractivity (Wildman–Crippen MR) is 123 cm³/mol. The molecule has 1 aromatic heterocycles. The number of hydrogen-bond donors (Lipinski definition) is 3. The number of rotatable bonds is 8. The summed E-state index contributed by atoms with van der Waals surface area (Å²) in [6.07, 6.45) is 3.68. The van der Waals surface area contributed by atoms with Crippen LogP contribution in [0.15, 0.2) is 60.8 Å². The topological polar surface area (TPSA) is 88.1 Å². The SMILES string of the molecule is Cc1nn(-c2ccccc2)cc1CCCNC(=O)c1cccc(NC(=O)NC(C)C)c1. The van der Waals surface area contributed by atoms with Gasteiger partial charge in [0, 0.05) is 30.0 Å². The summed E-state index contributed by atoms with van der Waals surface area (Å²) in [6, 6.07) is 16.6. The highest BCUT2D eigenvalue weighted by Gasteiger charge is 2.09. The van der Waals surface area contributed by atoms with E-state index in [1.54, 1.807) is 24.3 Å². The minimum Gasteiger partial charge on any atom is -0.352 e. The maximum Gasteiger partial charge on any atom is 0.319 e. The van der Waals surface area contributed by atoms with Crippen LogP contribution >= 0.6 is 0 Å². The first kappa shape index (κ1) is 22.1. The molecule has 0 aliphatic carbocycles. The molecule has 7 nitrogen and oxygen atoms in total. The summed E-state index contributed by atoms with van der Waals surface area (Å²) in [5, 5.41) is 13.0. The number of urea groups is 1. The zero-order valence-corrected chi connectivity index (χ0v) is 18.2. The van der Waals surface area contributed by atoms with Gasteiger partial charge < -0.3 is 16.0 Å². The number of hydrogen-bond acceptors (Lipinski definition) is 3. The number of aryl methyl sites for hydroxylation is 2. The molecule has 0 bridgehead atoms. The fraction of sp³-hybridized carbons (Fsp3) is 0.292. The molecule has 0 aliphatic heterocycles. The number of carbonyl (C=O) groups excluding carboxylic acids is 2. The summed E-state index contributed by atoms with van der Waals surface area (Å²) < 4.78 is 1.89. The van der Waals surface area contributed by atoms with E-state index < -0.39 is 0 Å². The van der Waals surface area contributed by atoms with E-state index in [2.05, 4.69) is 21.0 Å². The van der Waals surface area contributed by atoms with Crippen LogP contribution in [0.3, 0.4) is 0 Å². The molecular weight excluding hydrogens is 390 g/mol. The minimum atomic E-state index is -0.293. The molecule has 7 heteroatoms. The number of nitrogens with one attached hydrogen (secondary N) is 3. The normalized spacial score (nSPS) is 10.7. The molecule has 0 fully saturated rings. The molecule has 0 spiro atoms. The van der Waals surface area contributed by atoms with E-state index in [4.69, 9.17) is 0 Å². The van der Waals surface area contributed by atoms with E-state index in [0.717, 1.165) is 24.2 Å². The molecule has 0 aliphatic rings. The van der Waals surface area contributed by atoms with Crippen LogP contribution in [0.25, 0.3) is 5.69 Å². The molecule has 3 aromatic rings. The van der Waals surface area contributed by atoms with Gasteiger partial charge in [-0.25, -0.2) is 9.48 Å². The first-order valence-corrected chi connectivity index (χ1v) is 10.5. The van der Waals surface area contributed by atoms with E-state index in [1.165, 1.54) is 5.56 Å². The molecule has 3 amide bonds. The van der Waals surface area contributed by atoms with Gasteiger partial charge in [0.15, 0.2) is 0 Å². The summed E-state index contributed by atoms with van der Waals surface area (Å²) in [6.45, 7) is 6.33. The number of nitrogens with zero attached hydrogens (tertiary/aromatic N) is 2. The van der Waals surface area contributed by atoms with E-state index >= 15 is 0 Å². The van der Waals surface area contributed by atoms with Gasteiger partial charge >= 0.3 is 6.03 Å². The predicted octanol–water partition coefficient (Wildman–Crippen LogP) is 4.07. The third-order valence-electron chi connectivity index (χ3n) is 4.73. The third kappa shape index (κ3) is 6.44. The van der Waals surface area contributed by atoms with Crippen LogP contribution in [0.4, 0.5) is 10.5 Å². The third-order valence-corrected chi connectivity index (χ3v) is 4.73. The lowest BCUT2D eigenvalue weighted by Gasteiger charge is -2.11. The fourth-order valence-electron chi connectivity index (χ4n) is 3.20. The van der Waals surface area contributed by atoms with Gasteiger partial charge in [0.25, 0.3) is 5.91 Å². The van der Waals surface area contributed by atoms with Crippen molar-refractivity contribution in [2.45, 2.75) is 39.7 Å². The zero-order chi connectivity index (χ0) is 22.2. The molecule has 0 saturated carbocycles. The van der Waals surface area contributed by atoms with E-state index in [9.17, 15) is 9.59 Å². The Hall–Kier alpha value is -3.61. The second-order valence-electron chi connectivity index (χ2n) is 7.71. The average Bonchev–Trinajstić information content (AvgIpc) is 3.12. The first-order valence-electron chi connectivity index (χ1n) is 10.5. The Kier molecular flexibility index (Phi) is 7.43. The highest BCUT2D eigenvalue weighted by Crippen LogP contribution is 2.14. The molecule has 3 rings (SSSR count). The summed E-state index contributed by atoms with van der Waals surface area (Å²) in [5.74, 6) is -0.162. The maximum absolute atomic E-state index is 12.5. The Balaban J connectivity index is 1.49. The molecule has 31 heavy (non-hydrogen) atoms. The van der Waals surface area contributed by atoms with Crippen LogP contribution in [0.1, 0.15) is 41.9 Å². The number of benzene rings is 2. The highest BCUT2D eigenvalue weighted by molar-refractivity contribution is 5.96. The van der Waals surface area contributed by atoms with Crippen LogP contribution < -0.4 is 16.0 Å². The summed E-state index contributed by atoms with van der Waals surface area (Å²) >= 11 is 0. The second kappa shape index (κ2) is 10.4. The monoisotopic (exact) mass is 419 g/mol. The number of para-hydroxylation sites is 1. The van der Waals surface area contributed by atoms with Crippen LogP contribution in [0.2, 0.25) is 0 Å². The Morgan fingerprint density at radius 3 is 2.58 bits per heavy atom. The Bertz CT molecular complexity index is 1030. The van der Waals surface area contributed by atoms with Gasteiger partial charge in [-0.15, -0.1) is 0 Å². The van der Waals surface area contributed by atoms with Crippen molar-refractivity contribution in [2.24, 2.45) is 0 Å². The lowest BCUT2D eigenvalue weighted by molar-refractivity contribution is 0.0953. The molecule has 1 heterocycles. The van der Waals surface area contributed by atoms with Crippen molar-refractivity contribution in [3.63, 3.8) is 0 Å². The zero-order valence-electron chi connectivity index (χ0n) is 18.2. The van der Waals surface area contributed by atoms with Gasteiger partial charge in [0.1, 0.15) is 0 Å². The van der Waals surface area contributed by atoms with Gasteiger partial charge in [0.2, 0.25) is 0 Å². The lowest BCUT2D eigenvalue weighted by atomic mass is 10.1. The van der Waals surface area contributed by atoms with Crippen LogP contribution in [-0.2, 0) is 6.42 Å². The first-order chi connectivity index (χ1) is 14.9. The number of aromatic nitrogens is 2. The van der Waals surface area contributed by atoms with Gasteiger partial charge in [-0.3, -0.25) is 4.79 Å². The van der Waals surface area contributed by atoms with Crippen molar-refractivity contribution in [1.29, 1.82) is 0 Å². The molecule has 0 atom stereocenters. The molecule has 3 N–H and O–H groups in total. The van der Waals surface area contributed by atoms with Crippen molar-refractivity contribution >= 4 is 17.6 Å². The number of carbonyl (C=O) groups is 2. The van der Waals surface area contributed by atoms with E-state index in [1.807, 2.05) is 62.0 Å². The molecule has 0 unspecified atom stereocenters. The fourth-order valence-corrected chi connectivity index (χ4v) is 3.20. The quantitative estimate of drug-likeness (QED) is 0.481. The van der Waals surface area contributed by atoms with E-state index in [0.29, 0.717) is 17.8 Å². The lowest BCUT2D eigenvalue weighted by Crippen LogP contribution is -2.34. The van der Waals surface area contributed by atoms with Gasteiger partial charge in [0.05, 0.1) is 11.4 Å². The Morgan fingerprint density at radius 1 is 1.06 bits per heavy atom. The molecular formula is C24H29N5O2. The van der Waals surface area contributed by atoms with Crippen molar-refractivity contribution in [3.8, 4) is 5.69 Å². The molecule has 0 radical (unpaired) electrons. The van der Waals surface area contributed by atoms with Gasteiger partial charge in [-0.05, 0) is 69.5 Å². The molecule has 2 aromatic carbocycles. The number of amides is 3. The summed E-state index contributed by atoms with van der Waals surface area (Å²) in [5.41, 5.74) is 4.28. The second-order valence-corrected chi connectivity index (χ2v) is 7.71. The maximum atomic E-state index is 12.5. The minimum absolute atomic E-state index is 0.0370. The van der Waals surface area contributed by atoms with E-state index in [-0.39, 0.29) is 18.0 Å². The molecule has 0 saturated heterocycles. The Morgan fingerprint density at radius 2 is 1.84 bits per heavy atom.